The van der Waals surface area contributed by atoms with Crippen molar-refractivity contribution < 1.29 is 62.0 Å². The number of ether oxygens (including phenoxy) is 6. The van der Waals surface area contributed by atoms with Gasteiger partial charge in [-0.05, 0) is 47.6 Å². The molecule has 45 heavy (non-hydrogen) atoms. The molecular weight excluding hydrogens is 594 g/mol. The van der Waals surface area contributed by atoms with Crippen LogP contribution in [0.15, 0.2) is 36.4 Å². The molecule has 0 spiro atoms. The molecule has 0 amide bonds. The van der Waals surface area contributed by atoms with Gasteiger partial charge in [-0.25, -0.2) is 28.8 Å². The highest BCUT2D eigenvalue weighted by Gasteiger charge is 2.67. The first kappa shape index (κ1) is 36.2. The molecule has 0 aliphatic heterocycles. The Bertz CT molecular complexity index is 1240. The molecule has 0 saturated carbocycles. The summed E-state index contributed by atoms with van der Waals surface area (Å²) in [6, 6.07) is 8.50. The van der Waals surface area contributed by atoms with Crippen molar-refractivity contribution in [2.45, 2.75) is 52.4 Å². The van der Waals surface area contributed by atoms with Gasteiger partial charge >= 0.3 is 41.2 Å². The van der Waals surface area contributed by atoms with E-state index in [1.165, 1.54) is 53.7 Å². The van der Waals surface area contributed by atoms with E-state index in [9.17, 15) is 33.6 Å². The van der Waals surface area contributed by atoms with Crippen LogP contribution in [-0.4, -0.2) is 86.2 Å². The van der Waals surface area contributed by atoms with Crippen LogP contribution >= 0.6 is 0 Å². The highest BCUT2D eigenvalue weighted by molar-refractivity contribution is 6.28. The lowest BCUT2D eigenvalue weighted by Gasteiger charge is -2.32. The topological polar surface area (TPSA) is 191 Å². The highest BCUT2D eigenvalue weighted by Crippen LogP contribution is 2.41. The summed E-state index contributed by atoms with van der Waals surface area (Å²) in [7, 11) is 0. The SMILES string of the molecule is CCOC(=O)C(C(=O)OCC)(C(=O)OCC)c1cc(C(=O)c2ccccc2)[nH]c1C(C(=O)OCC)(C(=O)OCC)C(=O)OCC. The molecule has 1 heterocycles. The zero-order valence-corrected chi connectivity index (χ0v) is 26.0. The van der Waals surface area contributed by atoms with Crippen molar-refractivity contribution in [3.8, 4) is 0 Å². The van der Waals surface area contributed by atoms with E-state index in [0.29, 0.717) is 0 Å². The number of rotatable bonds is 16. The lowest BCUT2D eigenvalue weighted by Crippen LogP contribution is -2.58. The molecule has 244 valence electrons. The molecule has 0 atom stereocenters. The molecule has 0 bridgehead atoms. The molecule has 2 aromatic rings. The molecule has 0 saturated heterocycles. The highest BCUT2D eigenvalue weighted by atomic mass is 16.6. The van der Waals surface area contributed by atoms with Gasteiger partial charge in [-0.1, -0.05) is 30.3 Å². The van der Waals surface area contributed by atoms with Crippen LogP contribution in [0.3, 0.4) is 0 Å². The fourth-order valence-corrected chi connectivity index (χ4v) is 4.49. The van der Waals surface area contributed by atoms with Gasteiger partial charge in [0, 0.05) is 11.1 Å². The summed E-state index contributed by atoms with van der Waals surface area (Å²) in [6.07, 6.45) is 0. The Hall–Kier alpha value is -5.01. The molecule has 0 radical (unpaired) electrons. The van der Waals surface area contributed by atoms with Crippen LogP contribution in [-0.2, 0) is 68.0 Å². The van der Waals surface area contributed by atoms with Gasteiger partial charge in [-0.15, -0.1) is 0 Å². The van der Waals surface area contributed by atoms with E-state index in [4.69, 9.17) is 28.4 Å². The number of carbonyl (C=O) groups excluding carboxylic acids is 7. The number of hydrogen-bond donors (Lipinski definition) is 1. The van der Waals surface area contributed by atoms with Crippen molar-refractivity contribution in [1.29, 1.82) is 0 Å². The standard InChI is InChI=1S/C31H37NO13/c1-7-40-24(34)30(25(35)41-8-2,26(36)42-9-3)20-18-21(22(33)19-16-14-13-15-17-19)32-23(20)31(27(37)43-10-4,28(38)44-11-5)29(39)45-12-6/h13-18,32H,7-12H2,1-6H3. The maximum atomic E-state index is 13.8. The van der Waals surface area contributed by atoms with Gasteiger partial charge in [0.2, 0.25) is 5.78 Å². The van der Waals surface area contributed by atoms with E-state index in [2.05, 4.69) is 4.98 Å². The quantitative estimate of drug-likeness (QED) is 0.123. The minimum absolute atomic E-state index is 0.0832. The van der Waals surface area contributed by atoms with Crippen molar-refractivity contribution in [3.05, 3.63) is 58.9 Å². The molecule has 14 heteroatoms. The van der Waals surface area contributed by atoms with Crippen LogP contribution in [0.25, 0.3) is 0 Å². The number of carbonyl (C=O) groups is 7. The summed E-state index contributed by atoms with van der Waals surface area (Å²) in [6.45, 7) is 6.20. The summed E-state index contributed by atoms with van der Waals surface area (Å²) >= 11 is 0. The van der Waals surface area contributed by atoms with Gasteiger partial charge in [0.25, 0.3) is 5.41 Å². The van der Waals surface area contributed by atoms with Crippen LogP contribution in [0.2, 0.25) is 0 Å². The van der Waals surface area contributed by atoms with Crippen molar-refractivity contribution >= 4 is 41.6 Å². The van der Waals surface area contributed by atoms with Crippen LogP contribution < -0.4 is 0 Å². The summed E-state index contributed by atoms with van der Waals surface area (Å²) in [5, 5.41) is 0. The van der Waals surface area contributed by atoms with Crippen LogP contribution in [0, 0.1) is 0 Å². The number of nitrogens with one attached hydrogen (secondary N) is 1. The van der Waals surface area contributed by atoms with Crippen molar-refractivity contribution in [2.24, 2.45) is 0 Å². The van der Waals surface area contributed by atoms with E-state index in [1.54, 1.807) is 18.2 Å². The third kappa shape index (κ3) is 6.74. The molecule has 0 unspecified atom stereocenters. The summed E-state index contributed by atoms with van der Waals surface area (Å²) < 4.78 is 30.9. The zero-order valence-electron chi connectivity index (χ0n) is 26.0. The third-order valence-corrected chi connectivity index (χ3v) is 6.37. The Morgan fingerprint density at radius 3 is 1.20 bits per heavy atom. The minimum Gasteiger partial charge on any atom is -0.464 e. The molecular formula is C31H37NO13. The van der Waals surface area contributed by atoms with Gasteiger partial charge < -0.3 is 33.4 Å². The Labute approximate surface area is 259 Å². The first-order valence-electron chi connectivity index (χ1n) is 14.4. The van der Waals surface area contributed by atoms with Crippen molar-refractivity contribution in [2.75, 3.05) is 39.6 Å². The van der Waals surface area contributed by atoms with Gasteiger partial charge in [0.1, 0.15) is 0 Å². The molecule has 1 N–H and O–H groups in total. The number of hydrogen-bond acceptors (Lipinski definition) is 13. The molecule has 0 aliphatic rings. The fraction of sp³-hybridized carbons (Fsp3) is 0.452. The molecule has 1 aromatic heterocycles. The second kappa shape index (κ2) is 16.2. The fourth-order valence-electron chi connectivity index (χ4n) is 4.49. The predicted molar refractivity (Wildman–Crippen MR) is 154 cm³/mol. The monoisotopic (exact) mass is 631 g/mol. The minimum atomic E-state index is -3.25. The third-order valence-electron chi connectivity index (χ3n) is 6.37. The largest absolute Gasteiger partial charge is 0.464 e. The van der Waals surface area contributed by atoms with E-state index in [0.717, 1.165) is 6.07 Å². The Morgan fingerprint density at radius 1 is 0.533 bits per heavy atom. The number of esters is 6. The molecule has 0 fully saturated rings. The second-order valence-electron chi connectivity index (χ2n) is 8.99. The normalized spacial score (nSPS) is 11.2. The zero-order chi connectivity index (χ0) is 33.8. The van der Waals surface area contributed by atoms with Crippen molar-refractivity contribution in [3.63, 3.8) is 0 Å². The maximum Gasteiger partial charge on any atom is 0.341 e. The average Bonchev–Trinajstić information content (AvgIpc) is 3.44. The molecule has 2 rings (SSSR count). The van der Waals surface area contributed by atoms with E-state index in [1.807, 2.05) is 0 Å². The predicted octanol–water partition coefficient (Wildman–Crippen LogP) is 2.10. The maximum absolute atomic E-state index is 13.8. The lowest BCUT2D eigenvalue weighted by atomic mass is 9.73. The summed E-state index contributed by atoms with van der Waals surface area (Å²) in [5.41, 5.74) is -8.56. The summed E-state index contributed by atoms with van der Waals surface area (Å²) in [5.74, 6) is -10.0. The van der Waals surface area contributed by atoms with Crippen LogP contribution in [0.5, 0.6) is 0 Å². The number of H-pyrrole nitrogens is 1. The molecule has 14 nitrogen and oxygen atoms in total. The first-order chi connectivity index (χ1) is 21.5. The number of aromatic amines is 1. The van der Waals surface area contributed by atoms with Gasteiger partial charge in [-0.2, -0.15) is 0 Å². The number of aromatic nitrogens is 1. The van der Waals surface area contributed by atoms with Crippen molar-refractivity contribution in [1.82, 2.24) is 4.98 Å². The lowest BCUT2D eigenvalue weighted by molar-refractivity contribution is -0.180. The van der Waals surface area contributed by atoms with E-state index < -0.39 is 69.4 Å². The van der Waals surface area contributed by atoms with Gasteiger partial charge in [-0.3, -0.25) is 4.79 Å². The Kier molecular flexibility index (Phi) is 13.0. The summed E-state index contributed by atoms with van der Waals surface area (Å²) in [4.78, 5) is 99.3. The number of ketones is 1. The first-order valence-corrected chi connectivity index (χ1v) is 14.4. The van der Waals surface area contributed by atoms with Gasteiger partial charge in [0.05, 0.1) is 51.0 Å². The average molecular weight is 632 g/mol. The van der Waals surface area contributed by atoms with Crippen LogP contribution in [0.1, 0.15) is 68.9 Å². The Morgan fingerprint density at radius 2 is 0.867 bits per heavy atom. The van der Waals surface area contributed by atoms with Gasteiger partial charge in [0.15, 0.2) is 0 Å². The second-order valence-corrected chi connectivity index (χ2v) is 8.99. The van der Waals surface area contributed by atoms with Crippen LogP contribution in [0.4, 0.5) is 0 Å². The Balaban J connectivity index is 3.34. The number of benzene rings is 1. The molecule has 1 aromatic carbocycles. The van der Waals surface area contributed by atoms with E-state index in [-0.39, 0.29) is 45.2 Å². The van der Waals surface area contributed by atoms with E-state index >= 15 is 0 Å². The molecule has 0 aliphatic carbocycles. The smallest absolute Gasteiger partial charge is 0.341 e.